The Hall–Kier alpha value is -2.34. The first kappa shape index (κ1) is 19.4. The van der Waals surface area contributed by atoms with Crippen LogP contribution in [-0.4, -0.2) is 42.7 Å². The van der Waals surface area contributed by atoms with E-state index in [2.05, 4.69) is 12.2 Å². The van der Waals surface area contributed by atoms with Crippen LogP contribution in [0.2, 0.25) is 0 Å². The molecule has 1 amide bonds. The number of hydrogen-bond donors (Lipinski definition) is 2. The molecular formula is C21H30N3O3+. The third-order valence-electron chi connectivity index (χ3n) is 5.76. The topological polar surface area (TPSA) is 64.8 Å². The Labute approximate surface area is 160 Å². The Morgan fingerprint density at radius 2 is 2.11 bits per heavy atom. The summed E-state index contributed by atoms with van der Waals surface area (Å²) in [6.45, 7) is 5.65. The molecule has 3 rings (SSSR count). The number of nitrogens with one attached hydrogen (secondary N) is 2. The molecule has 2 heterocycles. The summed E-state index contributed by atoms with van der Waals surface area (Å²) in [5.41, 5.74) is 2.91. The third-order valence-corrected chi connectivity index (χ3v) is 5.76. The highest BCUT2D eigenvalue weighted by Crippen LogP contribution is 2.31. The van der Waals surface area contributed by atoms with Crippen LogP contribution in [0.1, 0.15) is 48.7 Å². The first-order valence-electron chi connectivity index (χ1n) is 9.78. The monoisotopic (exact) mass is 372 g/mol. The normalized spacial score (nSPS) is 19.9. The van der Waals surface area contributed by atoms with Crippen LogP contribution in [0.5, 0.6) is 0 Å². The van der Waals surface area contributed by atoms with Crippen LogP contribution >= 0.6 is 0 Å². The molecule has 2 atom stereocenters. The number of carbonyl (C=O) groups excluding carboxylic acids is 2. The van der Waals surface area contributed by atoms with Crippen molar-refractivity contribution in [1.29, 1.82) is 0 Å². The number of esters is 1. The van der Waals surface area contributed by atoms with Crippen LogP contribution in [-0.2, 0) is 16.6 Å². The minimum Gasteiger partial charge on any atom is -0.464 e. The average molecular weight is 372 g/mol. The van der Waals surface area contributed by atoms with Crippen molar-refractivity contribution < 1.29 is 19.2 Å². The van der Waals surface area contributed by atoms with Gasteiger partial charge in [0.05, 0.1) is 30.9 Å². The minimum atomic E-state index is -0.446. The molecule has 0 saturated carbocycles. The lowest BCUT2D eigenvalue weighted by atomic mass is 10.00. The van der Waals surface area contributed by atoms with Gasteiger partial charge in [-0.05, 0) is 44.7 Å². The number of benzene rings is 1. The third kappa shape index (κ3) is 3.86. The van der Waals surface area contributed by atoms with Gasteiger partial charge in [-0.1, -0.05) is 18.6 Å². The van der Waals surface area contributed by atoms with Crippen molar-refractivity contribution in [3.8, 4) is 0 Å². The van der Waals surface area contributed by atoms with Crippen LogP contribution in [0.4, 0.5) is 5.69 Å². The highest BCUT2D eigenvalue weighted by Gasteiger charge is 2.28. The second-order valence-electron chi connectivity index (χ2n) is 7.53. The molecule has 2 aromatic rings. The predicted octanol–water partition coefficient (Wildman–Crippen LogP) is 2.06. The molecule has 0 bridgehead atoms. The van der Waals surface area contributed by atoms with E-state index in [1.807, 2.05) is 32.2 Å². The van der Waals surface area contributed by atoms with E-state index in [4.69, 9.17) is 4.74 Å². The molecule has 1 unspecified atom stereocenters. The van der Waals surface area contributed by atoms with E-state index in [1.54, 1.807) is 4.57 Å². The molecule has 6 nitrogen and oxygen atoms in total. The zero-order valence-electron chi connectivity index (χ0n) is 16.7. The van der Waals surface area contributed by atoms with Gasteiger partial charge in [-0.15, -0.1) is 0 Å². The van der Waals surface area contributed by atoms with Crippen molar-refractivity contribution in [2.45, 2.75) is 45.6 Å². The number of methoxy groups -OCH3 is 1. The number of amides is 1. The van der Waals surface area contributed by atoms with Gasteiger partial charge < -0.3 is 19.5 Å². The summed E-state index contributed by atoms with van der Waals surface area (Å²) in [5.74, 6) is -0.497. The van der Waals surface area contributed by atoms with Gasteiger partial charge in [0, 0.05) is 12.4 Å². The molecule has 1 aliphatic rings. The van der Waals surface area contributed by atoms with Gasteiger partial charge in [-0.3, -0.25) is 4.79 Å². The number of carbonyl (C=O) groups is 2. The lowest BCUT2D eigenvalue weighted by molar-refractivity contribution is -0.923. The van der Waals surface area contributed by atoms with E-state index in [1.165, 1.54) is 31.3 Å². The summed E-state index contributed by atoms with van der Waals surface area (Å²) in [4.78, 5) is 26.6. The van der Waals surface area contributed by atoms with Gasteiger partial charge in [0.15, 0.2) is 12.2 Å². The summed E-state index contributed by atoms with van der Waals surface area (Å²) in [7, 11) is 3.18. The Kier molecular flexibility index (Phi) is 5.85. The fourth-order valence-corrected chi connectivity index (χ4v) is 4.29. The number of piperidine rings is 1. The van der Waals surface area contributed by atoms with Crippen LogP contribution in [0, 0.1) is 6.92 Å². The maximum atomic E-state index is 12.8. The Balaban J connectivity index is 1.92. The van der Waals surface area contributed by atoms with Gasteiger partial charge in [-0.25, -0.2) is 4.79 Å². The summed E-state index contributed by atoms with van der Waals surface area (Å²) in [5, 5.41) is 3.89. The minimum absolute atomic E-state index is 0.0514. The standard InChI is InChI=1S/C21H29N3O3/c1-5-15-8-6-7-11-24(15)13-18(25)22-19-16-12-14(2)9-10-17(16)23(3)20(19)21(26)27-4/h9-10,12,15H,5-8,11,13H2,1-4H3,(H,22,25)/p+1/t15-/m0/s1. The van der Waals surface area contributed by atoms with Gasteiger partial charge >= 0.3 is 5.97 Å². The van der Waals surface area contributed by atoms with Crippen molar-refractivity contribution in [1.82, 2.24) is 4.57 Å². The number of fused-ring (bicyclic) bond motifs is 1. The molecule has 1 aliphatic heterocycles. The Morgan fingerprint density at radius 3 is 2.81 bits per heavy atom. The number of aryl methyl sites for hydroxylation is 2. The molecular weight excluding hydrogens is 342 g/mol. The molecule has 0 aliphatic carbocycles. The lowest BCUT2D eigenvalue weighted by Crippen LogP contribution is -3.17. The molecule has 1 aromatic heterocycles. The highest BCUT2D eigenvalue weighted by molar-refractivity contribution is 6.11. The number of nitrogens with zero attached hydrogens (tertiary/aromatic N) is 1. The first-order valence-corrected chi connectivity index (χ1v) is 9.78. The quantitative estimate of drug-likeness (QED) is 0.790. The fraction of sp³-hybridized carbons (Fsp3) is 0.524. The zero-order valence-corrected chi connectivity index (χ0v) is 16.7. The van der Waals surface area contributed by atoms with Crippen molar-refractivity contribution in [3.05, 3.63) is 29.5 Å². The summed E-state index contributed by atoms with van der Waals surface area (Å²) < 4.78 is 6.76. The molecule has 1 aromatic carbocycles. The second-order valence-corrected chi connectivity index (χ2v) is 7.53. The van der Waals surface area contributed by atoms with E-state index >= 15 is 0 Å². The average Bonchev–Trinajstić information content (AvgIpc) is 2.92. The zero-order chi connectivity index (χ0) is 19.6. The van der Waals surface area contributed by atoms with Gasteiger partial charge in [-0.2, -0.15) is 0 Å². The van der Waals surface area contributed by atoms with E-state index in [0.717, 1.165) is 29.4 Å². The van der Waals surface area contributed by atoms with Crippen molar-refractivity contribution in [3.63, 3.8) is 0 Å². The van der Waals surface area contributed by atoms with E-state index in [0.29, 0.717) is 24.0 Å². The molecule has 0 radical (unpaired) electrons. The number of anilines is 1. The number of quaternary nitrogens is 1. The SMILES string of the molecule is CC[C@H]1CCCC[NH+]1CC(=O)Nc1c(C(=O)OC)n(C)c2ccc(C)cc12. The first-order chi connectivity index (χ1) is 13.0. The van der Waals surface area contributed by atoms with Crippen LogP contribution in [0.25, 0.3) is 10.9 Å². The smallest absolute Gasteiger partial charge is 0.356 e. The lowest BCUT2D eigenvalue weighted by Gasteiger charge is -2.31. The molecule has 6 heteroatoms. The van der Waals surface area contributed by atoms with Crippen LogP contribution in [0.3, 0.4) is 0 Å². The Morgan fingerprint density at radius 1 is 1.33 bits per heavy atom. The van der Waals surface area contributed by atoms with E-state index in [-0.39, 0.29) is 5.91 Å². The summed E-state index contributed by atoms with van der Waals surface area (Å²) in [6.07, 6.45) is 4.68. The molecule has 27 heavy (non-hydrogen) atoms. The van der Waals surface area contributed by atoms with Crippen molar-refractivity contribution in [2.24, 2.45) is 7.05 Å². The summed E-state index contributed by atoms with van der Waals surface area (Å²) in [6, 6.07) is 6.51. The second kappa shape index (κ2) is 8.13. The molecule has 1 saturated heterocycles. The highest BCUT2D eigenvalue weighted by atomic mass is 16.5. The van der Waals surface area contributed by atoms with Crippen molar-refractivity contribution >= 4 is 28.5 Å². The number of likely N-dealkylation sites (tertiary alicyclic amines) is 1. The maximum Gasteiger partial charge on any atom is 0.356 e. The number of ether oxygens (including phenoxy) is 1. The van der Waals surface area contributed by atoms with Gasteiger partial charge in [0.25, 0.3) is 5.91 Å². The molecule has 0 spiro atoms. The van der Waals surface area contributed by atoms with E-state index < -0.39 is 5.97 Å². The Bertz CT molecular complexity index is 856. The van der Waals surface area contributed by atoms with Crippen LogP contribution in [0.15, 0.2) is 18.2 Å². The number of rotatable bonds is 5. The summed E-state index contributed by atoms with van der Waals surface area (Å²) >= 11 is 0. The van der Waals surface area contributed by atoms with Gasteiger partial charge in [0.2, 0.25) is 0 Å². The largest absolute Gasteiger partial charge is 0.464 e. The van der Waals surface area contributed by atoms with E-state index in [9.17, 15) is 9.59 Å². The number of aromatic nitrogens is 1. The fourth-order valence-electron chi connectivity index (χ4n) is 4.29. The number of hydrogen-bond acceptors (Lipinski definition) is 3. The van der Waals surface area contributed by atoms with Gasteiger partial charge in [0.1, 0.15) is 0 Å². The molecule has 2 N–H and O–H groups in total. The van der Waals surface area contributed by atoms with Crippen molar-refractivity contribution in [2.75, 3.05) is 25.5 Å². The molecule has 1 fully saturated rings. The molecule has 146 valence electrons. The predicted molar refractivity (Wildman–Crippen MR) is 106 cm³/mol. The van der Waals surface area contributed by atoms with Crippen LogP contribution < -0.4 is 10.2 Å². The maximum absolute atomic E-state index is 12.8.